The second-order valence-electron chi connectivity index (χ2n) is 6.78. The third-order valence-corrected chi connectivity index (χ3v) is 5.10. The first kappa shape index (κ1) is 23.0. The van der Waals surface area contributed by atoms with Crippen LogP contribution in [0.25, 0.3) is 0 Å². The molecule has 0 aliphatic rings. The van der Waals surface area contributed by atoms with Crippen LogP contribution in [0.1, 0.15) is 31.4 Å². The first-order valence-electron chi connectivity index (χ1n) is 9.53. The highest BCUT2D eigenvalue weighted by Crippen LogP contribution is 2.23. The van der Waals surface area contributed by atoms with Gasteiger partial charge in [0, 0.05) is 23.1 Å². The minimum Gasteiger partial charge on any atom is -0.484 e. The molecule has 0 bridgehead atoms. The highest BCUT2D eigenvalue weighted by molar-refractivity contribution is 6.35. The number of aryl methyl sites for hydroxylation is 1. The zero-order valence-electron chi connectivity index (χ0n) is 16.9. The summed E-state index contributed by atoms with van der Waals surface area (Å²) in [4.78, 5) is 27.0. The van der Waals surface area contributed by atoms with E-state index in [9.17, 15) is 9.59 Å². The van der Waals surface area contributed by atoms with E-state index in [2.05, 4.69) is 5.32 Å². The van der Waals surface area contributed by atoms with E-state index in [4.69, 9.17) is 27.9 Å². The number of halogens is 2. The maximum Gasteiger partial charge on any atom is 0.261 e. The SMILES string of the molecule is CCCNC(=O)[C@@H](C)N(Cc1ccc(Cl)cc1Cl)C(=O)COc1ccccc1C. The van der Waals surface area contributed by atoms with Gasteiger partial charge in [-0.2, -0.15) is 0 Å². The Hall–Kier alpha value is -2.24. The average molecular weight is 437 g/mol. The molecular formula is C22H26Cl2N2O3. The van der Waals surface area contributed by atoms with Crippen molar-refractivity contribution in [3.8, 4) is 5.75 Å². The Kier molecular flexibility index (Phi) is 8.80. The molecule has 1 atom stereocenters. The summed E-state index contributed by atoms with van der Waals surface area (Å²) in [6.45, 7) is 6.12. The molecule has 156 valence electrons. The summed E-state index contributed by atoms with van der Waals surface area (Å²) >= 11 is 12.3. The standard InChI is InChI=1S/C22H26Cl2N2O3/c1-4-11-25-22(28)16(3)26(13-17-9-10-18(23)12-19(17)24)21(27)14-29-20-8-6-5-7-15(20)2/h5-10,12,16H,4,11,13-14H2,1-3H3,(H,25,28)/t16-/m1/s1. The van der Waals surface area contributed by atoms with Gasteiger partial charge in [-0.3, -0.25) is 9.59 Å². The van der Waals surface area contributed by atoms with Crippen LogP contribution in [0.3, 0.4) is 0 Å². The van der Waals surface area contributed by atoms with Crippen LogP contribution in [-0.4, -0.2) is 35.9 Å². The summed E-state index contributed by atoms with van der Waals surface area (Å²) in [5, 5.41) is 3.78. The second-order valence-corrected chi connectivity index (χ2v) is 7.62. The van der Waals surface area contributed by atoms with Crippen LogP contribution in [0.5, 0.6) is 5.75 Å². The van der Waals surface area contributed by atoms with Crippen LogP contribution in [0, 0.1) is 6.92 Å². The van der Waals surface area contributed by atoms with Crippen molar-refractivity contribution in [2.45, 2.75) is 39.8 Å². The minimum atomic E-state index is -0.679. The lowest BCUT2D eigenvalue weighted by Gasteiger charge is -2.29. The highest BCUT2D eigenvalue weighted by atomic mass is 35.5. The third kappa shape index (κ3) is 6.65. The molecule has 2 amide bonds. The first-order valence-corrected chi connectivity index (χ1v) is 10.3. The van der Waals surface area contributed by atoms with Crippen LogP contribution >= 0.6 is 23.2 Å². The highest BCUT2D eigenvalue weighted by Gasteiger charge is 2.27. The van der Waals surface area contributed by atoms with Gasteiger partial charge in [0.2, 0.25) is 5.91 Å². The van der Waals surface area contributed by atoms with E-state index in [0.717, 1.165) is 12.0 Å². The molecule has 0 unspecified atom stereocenters. The maximum atomic E-state index is 13.0. The second kappa shape index (κ2) is 11.1. The van der Waals surface area contributed by atoms with Gasteiger partial charge in [0.05, 0.1) is 0 Å². The Morgan fingerprint density at radius 1 is 1.17 bits per heavy atom. The van der Waals surface area contributed by atoms with Crippen LogP contribution < -0.4 is 10.1 Å². The van der Waals surface area contributed by atoms with E-state index in [0.29, 0.717) is 27.9 Å². The van der Waals surface area contributed by atoms with Gasteiger partial charge in [-0.1, -0.05) is 54.4 Å². The van der Waals surface area contributed by atoms with Crippen molar-refractivity contribution < 1.29 is 14.3 Å². The van der Waals surface area contributed by atoms with E-state index in [-0.39, 0.29) is 25.0 Å². The van der Waals surface area contributed by atoms with Crippen molar-refractivity contribution in [1.29, 1.82) is 0 Å². The van der Waals surface area contributed by atoms with Crippen LogP contribution in [0.4, 0.5) is 0 Å². The van der Waals surface area contributed by atoms with Gasteiger partial charge >= 0.3 is 0 Å². The number of amides is 2. The average Bonchev–Trinajstić information content (AvgIpc) is 2.70. The molecule has 2 aromatic rings. The Bertz CT molecular complexity index is 858. The molecule has 0 spiro atoms. The molecule has 0 aliphatic heterocycles. The molecule has 0 aliphatic carbocycles. The summed E-state index contributed by atoms with van der Waals surface area (Å²) in [5.74, 6) is 0.105. The van der Waals surface area contributed by atoms with E-state index < -0.39 is 6.04 Å². The number of carbonyl (C=O) groups excluding carboxylic acids is 2. The van der Waals surface area contributed by atoms with Gasteiger partial charge < -0.3 is 15.0 Å². The molecule has 0 heterocycles. The molecule has 0 saturated heterocycles. The fourth-order valence-corrected chi connectivity index (χ4v) is 3.22. The van der Waals surface area contributed by atoms with Crippen molar-refractivity contribution in [2.75, 3.05) is 13.2 Å². The van der Waals surface area contributed by atoms with Crippen LogP contribution in [0.2, 0.25) is 10.0 Å². The lowest BCUT2D eigenvalue weighted by Crippen LogP contribution is -2.49. The van der Waals surface area contributed by atoms with Crippen LogP contribution in [0.15, 0.2) is 42.5 Å². The molecule has 0 saturated carbocycles. The quantitative estimate of drug-likeness (QED) is 0.623. The van der Waals surface area contributed by atoms with Gasteiger partial charge in [-0.05, 0) is 49.6 Å². The Labute approximate surface area is 181 Å². The number of rotatable bonds is 9. The normalized spacial score (nSPS) is 11.6. The molecule has 29 heavy (non-hydrogen) atoms. The van der Waals surface area contributed by atoms with E-state index in [1.54, 1.807) is 31.2 Å². The van der Waals surface area contributed by atoms with Crippen molar-refractivity contribution >= 4 is 35.0 Å². The topological polar surface area (TPSA) is 58.6 Å². The van der Waals surface area contributed by atoms with Gasteiger partial charge in [-0.15, -0.1) is 0 Å². The Balaban J connectivity index is 2.19. The van der Waals surface area contributed by atoms with Crippen molar-refractivity contribution in [2.24, 2.45) is 0 Å². The number of nitrogens with one attached hydrogen (secondary N) is 1. The molecule has 2 rings (SSSR count). The number of carbonyl (C=O) groups is 2. The molecule has 2 aromatic carbocycles. The van der Waals surface area contributed by atoms with Gasteiger partial charge in [0.15, 0.2) is 6.61 Å². The summed E-state index contributed by atoms with van der Waals surface area (Å²) < 4.78 is 5.70. The zero-order chi connectivity index (χ0) is 21.4. The van der Waals surface area contributed by atoms with Crippen molar-refractivity contribution in [3.63, 3.8) is 0 Å². The third-order valence-electron chi connectivity index (χ3n) is 4.52. The Morgan fingerprint density at radius 2 is 1.90 bits per heavy atom. The lowest BCUT2D eigenvalue weighted by atomic mass is 10.1. The molecular weight excluding hydrogens is 411 g/mol. The number of hydrogen-bond donors (Lipinski definition) is 1. The molecule has 1 N–H and O–H groups in total. The molecule has 5 nitrogen and oxygen atoms in total. The predicted octanol–water partition coefficient (Wildman–Crippen LogP) is 4.62. The maximum absolute atomic E-state index is 13.0. The van der Waals surface area contributed by atoms with Gasteiger partial charge in [-0.25, -0.2) is 0 Å². The molecule has 7 heteroatoms. The number of nitrogens with zero attached hydrogens (tertiary/aromatic N) is 1. The van der Waals surface area contributed by atoms with Crippen LogP contribution in [-0.2, 0) is 16.1 Å². The summed E-state index contributed by atoms with van der Waals surface area (Å²) in [6.07, 6.45) is 0.811. The first-order chi connectivity index (χ1) is 13.8. The summed E-state index contributed by atoms with van der Waals surface area (Å²) in [5.41, 5.74) is 1.64. The number of benzene rings is 2. The smallest absolute Gasteiger partial charge is 0.261 e. The van der Waals surface area contributed by atoms with E-state index >= 15 is 0 Å². The fourth-order valence-electron chi connectivity index (χ4n) is 2.75. The van der Waals surface area contributed by atoms with Crippen molar-refractivity contribution in [1.82, 2.24) is 10.2 Å². The summed E-state index contributed by atoms with van der Waals surface area (Å²) in [6, 6.07) is 11.9. The largest absolute Gasteiger partial charge is 0.484 e. The Morgan fingerprint density at radius 3 is 2.55 bits per heavy atom. The van der Waals surface area contributed by atoms with Crippen molar-refractivity contribution in [3.05, 3.63) is 63.6 Å². The molecule has 0 fully saturated rings. The molecule has 0 radical (unpaired) electrons. The minimum absolute atomic E-state index is 0.173. The monoisotopic (exact) mass is 436 g/mol. The van der Waals surface area contributed by atoms with E-state index in [1.807, 2.05) is 32.0 Å². The fraction of sp³-hybridized carbons (Fsp3) is 0.364. The zero-order valence-corrected chi connectivity index (χ0v) is 18.4. The van der Waals surface area contributed by atoms with Gasteiger partial charge in [0.1, 0.15) is 11.8 Å². The number of hydrogen-bond acceptors (Lipinski definition) is 3. The number of para-hydroxylation sites is 1. The summed E-state index contributed by atoms with van der Waals surface area (Å²) in [7, 11) is 0. The number of ether oxygens (including phenoxy) is 1. The van der Waals surface area contributed by atoms with Gasteiger partial charge in [0.25, 0.3) is 5.91 Å². The lowest BCUT2D eigenvalue weighted by molar-refractivity contribution is -0.142. The van der Waals surface area contributed by atoms with E-state index in [1.165, 1.54) is 4.90 Å². The molecule has 0 aromatic heterocycles. The predicted molar refractivity (Wildman–Crippen MR) is 116 cm³/mol.